The third-order valence-electron chi connectivity index (χ3n) is 3.33. The lowest BCUT2D eigenvalue weighted by Gasteiger charge is -2.24. The molecule has 0 aromatic heterocycles. The van der Waals surface area contributed by atoms with Gasteiger partial charge in [0.1, 0.15) is 0 Å². The van der Waals surface area contributed by atoms with Crippen LogP contribution in [-0.2, 0) is 14.8 Å². The summed E-state index contributed by atoms with van der Waals surface area (Å²) in [6.07, 6.45) is 0. The Hall–Kier alpha value is -1.93. The van der Waals surface area contributed by atoms with Crippen LogP contribution < -0.4 is 10.0 Å². The summed E-state index contributed by atoms with van der Waals surface area (Å²) in [6.45, 7) is 9.11. The van der Waals surface area contributed by atoms with Crippen LogP contribution in [0.2, 0.25) is 0 Å². The Morgan fingerprint density at radius 3 is 2.32 bits per heavy atom. The predicted octanol–water partition coefficient (Wildman–Crippen LogP) is 1.28. The van der Waals surface area contributed by atoms with Gasteiger partial charge in [0.05, 0.1) is 11.4 Å². The van der Waals surface area contributed by atoms with Crippen LogP contribution in [-0.4, -0.2) is 50.8 Å². The SMILES string of the molecule is CCNS(=O)(=O)c1ccc(C)c(C(=O)N(C)CC(=O)NC(C)(C)C)c1. The van der Waals surface area contributed by atoms with Gasteiger partial charge in [-0.25, -0.2) is 13.1 Å². The van der Waals surface area contributed by atoms with Crippen molar-refractivity contribution in [2.45, 2.75) is 45.1 Å². The molecule has 0 atom stereocenters. The Bertz CT molecular complexity index is 752. The lowest BCUT2D eigenvalue weighted by molar-refractivity contribution is -0.122. The summed E-state index contributed by atoms with van der Waals surface area (Å²) in [4.78, 5) is 25.9. The number of nitrogens with zero attached hydrogens (tertiary/aromatic N) is 1. The van der Waals surface area contributed by atoms with E-state index in [0.29, 0.717) is 5.56 Å². The first-order valence-corrected chi connectivity index (χ1v) is 9.52. The van der Waals surface area contributed by atoms with Crippen molar-refractivity contribution in [2.24, 2.45) is 0 Å². The van der Waals surface area contributed by atoms with E-state index in [9.17, 15) is 18.0 Å². The zero-order chi connectivity index (χ0) is 19.4. The van der Waals surface area contributed by atoms with E-state index in [0.717, 1.165) is 0 Å². The molecule has 0 aliphatic heterocycles. The zero-order valence-corrected chi connectivity index (χ0v) is 16.5. The topological polar surface area (TPSA) is 95.6 Å². The number of benzene rings is 1. The van der Waals surface area contributed by atoms with E-state index in [-0.39, 0.29) is 29.5 Å². The first kappa shape index (κ1) is 21.1. The fourth-order valence-electron chi connectivity index (χ4n) is 2.22. The largest absolute Gasteiger partial charge is 0.350 e. The molecule has 0 aliphatic rings. The summed E-state index contributed by atoms with van der Waals surface area (Å²) < 4.78 is 26.6. The van der Waals surface area contributed by atoms with E-state index in [2.05, 4.69) is 10.0 Å². The molecule has 0 aliphatic carbocycles. The zero-order valence-electron chi connectivity index (χ0n) is 15.6. The average molecular weight is 369 g/mol. The molecule has 0 bridgehead atoms. The molecule has 0 heterocycles. The minimum absolute atomic E-state index is 0.0239. The van der Waals surface area contributed by atoms with Gasteiger partial charge in [0.15, 0.2) is 0 Å². The molecule has 1 aromatic rings. The summed E-state index contributed by atoms with van der Waals surface area (Å²) in [5.74, 6) is -0.687. The van der Waals surface area contributed by atoms with Crippen molar-refractivity contribution in [3.63, 3.8) is 0 Å². The molecule has 25 heavy (non-hydrogen) atoms. The molecule has 0 spiro atoms. The summed E-state index contributed by atoms with van der Waals surface area (Å²) in [5.41, 5.74) is 0.505. The summed E-state index contributed by atoms with van der Waals surface area (Å²) >= 11 is 0. The number of aryl methyl sites for hydroxylation is 1. The summed E-state index contributed by atoms with van der Waals surface area (Å²) in [7, 11) is -2.15. The number of carbonyl (C=O) groups excluding carboxylic acids is 2. The molecule has 0 saturated heterocycles. The minimum Gasteiger partial charge on any atom is -0.350 e. The van der Waals surface area contributed by atoms with Crippen molar-refractivity contribution in [1.29, 1.82) is 0 Å². The number of likely N-dealkylation sites (N-methyl/N-ethyl adjacent to an activating group) is 1. The van der Waals surface area contributed by atoms with E-state index in [4.69, 9.17) is 0 Å². The number of nitrogens with one attached hydrogen (secondary N) is 2. The quantitative estimate of drug-likeness (QED) is 0.790. The van der Waals surface area contributed by atoms with Gasteiger partial charge in [0.25, 0.3) is 5.91 Å². The van der Waals surface area contributed by atoms with Crippen molar-refractivity contribution in [3.05, 3.63) is 29.3 Å². The second kappa shape index (κ2) is 7.97. The van der Waals surface area contributed by atoms with Crippen LogP contribution in [0.5, 0.6) is 0 Å². The third kappa shape index (κ3) is 6.13. The van der Waals surface area contributed by atoms with Crippen LogP contribution in [0.4, 0.5) is 0 Å². The molecule has 0 fully saturated rings. The molecule has 0 unspecified atom stereocenters. The molecule has 140 valence electrons. The molecule has 8 heteroatoms. The maximum atomic E-state index is 12.6. The van der Waals surface area contributed by atoms with Gasteiger partial charge < -0.3 is 10.2 Å². The first-order valence-electron chi connectivity index (χ1n) is 8.04. The van der Waals surface area contributed by atoms with E-state index in [1.165, 1.54) is 24.1 Å². The monoisotopic (exact) mass is 369 g/mol. The lowest BCUT2D eigenvalue weighted by Crippen LogP contribution is -2.46. The van der Waals surface area contributed by atoms with E-state index in [1.54, 1.807) is 19.9 Å². The van der Waals surface area contributed by atoms with Crippen molar-refractivity contribution in [2.75, 3.05) is 20.1 Å². The van der Waals surface area contributed by atoms with E-state index in [1.807, 2.05) is 20.8 Å². The van der Waals surface area contributed by atoms with E-state index >= 15 is 0 Å². The van der Waals surface area contributed by atoms with Gasteiger partial charge in [-0.3, -0.25) is 9.59 Å². The summed E-state index contributed by atoms with van der Waals surface area (Å²) in [5, 5.41) is 2.78. The van der Waals surface area contributed by atoms with Crippen LogP contribution >= 0.6 is 0 Å². The summed E-state index contributed by atoms with van der Waals surface area (Å²) in [6, 6.07) is 4.38. The fraction of sp³-hybridized carbons (Fsp3) is 0.529. The number of sulfonamides is 1. The number of hydrogen-bond acceptors (Lipinski definition) is 4. The Kier molecular flexibility index (Phi) is 6.73. The average Bonchev–Trinajstić information content (AvgIpc) is 2.44. The van der Waals surface area contributed by atoms with E-state index < -0.39 is 21.5 Å². The smallest absolute Gasteiger partial charge is 0.254 e. The lowest BCUT2D eigenvalue weighted by atomic mass is 10.1. The number of amides is 2. The molecule has 2 amide bonds. The van der Waals surface area contributed by atoms with Crippen LogP contribution in [0.25, 0.3) is 0 Å². The first-order chi connectivity index (χ1) is 11.4. The molecule has 7 nitrogen and oxygen atoms in total. The predicted molar refractivity (Wildman–Crippen MR) is 96.9 cm³/mol. The maximum absolute atomic E-state index is 12.6. The molecular weight excluding hydrogens is 342 g/mol. The highest BCUT2D eigenvalue weighted by molar-refractivity contribution is 7.89. The Morgan fingerprint density at radius 2 is 1.80 bits per heavy atom. The number of carbonyl (C=O) groups is 2. The van der Waals surface area contributed by atoms with Crippen LogP contribution in [0, 0.1) is 6.92 Å². The second-order valence-electron chi connectivity index (χ2n) is 6.94. The maximum Gasteiger partial charge on any atom is 0.254 e. The van der Waals surface area contributed by atoms with Gasteiger partial charge in [0.2, 0.25) is 15.9 Å². The molecule has 1 rings (SSSR count). The van der Waals surface area contributed by atoms with Gasteiger partial charge in [0, 0.05) is 24.7 Å². The fourth-order valence-corrected chi connectivity index (χ4v) is 3.29. The van der Waals surface area contributed by atoms with Crippen LogP contribution in [0.15, 0.2) is 23.1 Å². The number of hydrogen-bond donors (Lipinski definition) is 2. The highest BCUT2D eigenvalue weighted by atomic mass is 32.2. The van der Waals surface area contributed by atoms with Crippen LogP contribution in [0.1, 0.15) is 43.6 Å². The van der Waals surface area contributed by atoms with Crippen molar-refractivity contribution < 1.29 is 18.0 Å². The normalized spacial score (nSPS) is 11.9. The Balaban J connectivity index is 3.03. The van der Waals surface area contributed by atoms with Crippen LogP contribution in [0.3, 0.4) is 0 Å². The highest BCUT2D eigenvalue weighted by Crippen LogP contribution is 2.17. The molecule has 0 radical (unpaired) electrons. The van der Waals surface area contributed by atoms with Crippen molar-refractivity contribution in [1.82, 2.24) is 14.9 Å². The van der Waals surface area contributed by atoms with Gasteiger partial charge >= 0.3 is 0 Å². The third-order valence-corrected chi connectivity index (χ3v) is 4.87. The second-order valence-corrected chi connectivity index (χ2v) is 8.70. The van der Waals surface area contributed by atoms with Crippen molar-refractivity contribution >= 4 is 21.8 Å². The van der Waals surface area contributed by atoms with Gasteiger partial charge in [-0.2, -0.15) is 0 Å². The van der Waals surface area contributed by atoms with Gasteiger partial charge in [-0.05, 0) is 45.4 Å². The Morgan fingerprint density at radius 1 is 1.20 bits per heavy atom. The number of rotatable bonds is 6. The Labute approximate surface area is 149 Å². The molecule has 1 aromatic carbocycles. The molecule has 0 saturated carbocycles. The standard InChI is InChI=1S/C17H27N3O4S/c1-7-18-25(23,24)13-9-8-12(2)14(10-13)16(22)20(6)11-15(21)19-17(3,4)5/h8-10,18H,7,11H2,1-6H3,(H,19,21). The van der Waals surface area contributed by atoms with Gasteiger partial charge in [-0.1, -0.05) is 13.0 Å². The van der Waals surface area contributed by atoms with Gasteiger partial charge in [-0.15, -0.1) is 0 Å². The molecule has 2 N–H and O–H groups in total. The van der Waals surface area contributed by atoms with Crippen molar-refractivity contribution in [3.8, 4) is 0 Å². The molecular formula is C17H27N3O4S. The minimum atomic E-state index is -3.66. The highest BCUT2D eigenvalue weighted by Gasteiger charge is 2.22.